The maximum Gasteiger partial charge on any atom is 0.328 e. The van der Waals surface area contributed by atoms with Crippen LogP contribution in [0.4, 0.5) is 11.4 Å². The number of rotatable bonds is 4. The zero-order valence-corrected chi connectivity index (χ0v) is 19.6. The molecule has 0 radical (unpaired) electrons. The summed E-state index contributed by atoms with van der Waals surface area (Å²) in [6, 6.07) is 21.5. The first-order valence-electron chi connectivity index (χ1n) is 10.2. The molecule has 1 aromatic heterocycles. The molecule has 8 heteroatoms. The van der Waals surface area contributed by atoms with E-state index in [4.69, 9.17) is 0 Å². The van der Waals surface area contributed by atoms with E-state index in [1.54, 1.807) is 36.4 Å². The second kappa shape index (κ2) is 9.30. The van der Waals surface area contributed by atoms with E-state index in [9.17, 15) is 14.4 Å². The summed E-state index contributed by atoms with van der Waals surface area (Å²) < 4.78 is 2.14. The molecule has 1 heterocycles. The number of aryl methyl sites for hydroxylation is 2. The lowest BCUT2D eigenvalue weighted by Gasteiger charge is -2.13. The molecule has 0 aliphatic rings. The van der Waals surface area contributed by atoms with Crippen LogP contribution < -0.4 is 16.1 Å². The Labute approximate surface area is 198 Å². The van der Waals surface area contributed by atoms with Gasteiger partial charge in [-0.15, -0.1) is 0 Å². The molecule has 33 heavy (non-hydrogen) atoms. The average molecular weight is 505 g/mol. The van der Waals surface area contributed by atoms with Crippen LogP contribution in [0.25, 0.3) is 10.9 Å². The van der Waals surface area contributed by atoms with Crippen molar-refractivity contribution in [3.8, 4) is 0 Å². The van der Waals surface area contributed by atoms with Crippen molar-refractivity contribution in [2.45, 2.75) is 13.8 Å². The zero-order valence-electron chi connectivity index (χ0n) is 18.0. The van der Waals surface area contributed by atoms with Crippen molar-refractivity contribution in [3.05, 3.63) is 94.1 Å². The van der Waals surface area contributed by atoms with Gasteiger partial charge in [0.05, 0.1) is 5.52 Å². The molecule has 3 aromatic carbocycles. The van der Waals surface area contributed by atoms with Crippen molar-refractivity contribution in [2.24, 2.45) is 0 Å². The fourth-order valence-corrected chi connectivity index (χ4v) is 3.75. The largest absolute Gasteiger partial charge is 0.328 e. The molecule has 4 rings (SSSR count). The molecule has 4 aromatic rings. The quantitative estimate of drug-likeness (QED) is 0.342. The summed E-state index contributed by atoms with van der Waals surface area (Å²) in [7, 11) is 0. The van der Waals surface area contributed by atoms with Crippen LogP contribution in [0.1, 0.15) is 21.6 Å². The van der Waals surface area contributed by atoms with Gasteiger partial charge in [0.25, 0.3) is 5.91 Å². The molecular weight excluding hydrogens is 484 g/mol. The third-order valence-corrected chi connectivity index (χ3v) is 5.49. The predicted molar refractivity (Wildman–Crippen MR) is 133 cm³/mol. The molecular formula is C25H21BrN4O3. The molecule has 3 amide bonds. The smallest absolute Gasteiger partial charge is 0.321 e. The van der Waals surface area contributed by atoms with Crippen LogP contribution >= 0.6 is 15.9 Å². The summed E-state index contributed by atoms with van der Waals surface area (Å²) in [5.41, 5.74) is 6.47. The molecule has 3 N–H and O–H groups in total. The van der Waals surface area contributed by atoms with Gasteiger partial charge in [0.15, 0.2) is 0 Å². The van der Waals surface area contributed by atoms with Gasteiger partial charge in [-0.2, -0.15) is 0 Å². The Morgan fingerprint density at radius 3 is 2.24 bits per heavy atom. The van der Waals surface area contributed by atoms with E-state index in [-0.39, 0.29) is 5.69 Å². The van der Waals surface area contributed by atoms with Gasteiger partial charge in [0, 0.05) is 21.2 Å². The summed E-state index contributed by atoms with van der Waals surface area (Å²) in [5, 5.41) is 6.12. The fraction of sp³-hybridized carbons (Fsp3) is 0.0800. The first-order valence-corrected chi connectivity index (χ1v) is 11.0. The van der Waals surface area contributed by atoms with Crippen molar-refractivity contribution in [2.75, 3.05) is 16.1 Å². The number of nitrogens with zero attached hydrogens (tertiary/aromatic N) is 1. The third kappa shape index (κ3) is 5.12. The molecule has 0 fully saturated rings. The van der Waals surface area contributed by atoms with Crippen molar-refractivity contribution >= 4 is 55.9 Å². The Morgan fingerprint density at radius 1 is 0.758 bits per heavy atom. The van der Waals surface area contributed by atoms with Crippen LogP contribution in [-0.2, 0) is 9.59 Å². The summed E-state index contributed by atoms with van der Waals surface area (Å²) in [4.78, 5) is 38.2. The topological polar surface area (TPSA) is 92.2 Å². The number of anilines is 2. The number of nitrogens with one attached hydrogen (secondary N) is 3. The third-order valence-electron chi connectivity index (χ3n) is 5.00. The van der Waals surface area contributed by atoms with Gasteiger partial charge >= 0.3 is 11.8 Å². The Hall–Kier alpha value is -3.91. The number of amides is 3. The average Bonchev–Trinajstić information content (AvgIpc) is 3.12. The molecule has 0 aliphatic heterocycles. The minimum atomic E-state index is -0.902. The minimum absolute atomic E-state index is 0.182. The van der Waals surface area contributed by atoms with E-state index in [2.05, 4.69) is 32.0 Å². The number of benzene rings is 3. The van der Waals surface area contributed by atoms with Gasteiger partial charge in [0.2, 0.25) is 0 Å². The lowest BCUT2D eigenvalue weighted by molar-refractivity contribution is -0.133. The number of carbonyl (C=O) groups excluding carboxylic acids is 3. The molecule has 0 bridgehead atoms. The number of hydrogen-bond donors (Lipinski definition) is 3. The number of fused-ring (bicyclic) bond motifs is 1. The van der Waals surface area contributed by atoms with E-state index in [0.29, 0.717) is 16.9 Å². The highest BCUT2D eigenvalue weighted by Crippen LogP contribution is 2.24. The summed E-state index contributed by atoms with van der Waals surface area (Å²) >= 11 is 3.42. The molecule has 0 aliphatic carbocycles. The summed E-state index contributed by atoms with van der Waals surface area (Å²) in [5.74, 6) is -2.17. The Balaban J connectivity index is 1.62. The highest BCUT2D eigenvalue weighted by molar-refractivity contribution is 9.10. The van der Waals surface area contributed by atoms with Gasteiger partial charge in [-0.25, -0.2) is 4.68 Å². The molecule has 0 unspecified atom stereocenters. The van der Waals surface area contributed by atoms with E-state index >= 15 is 0 Å². The van der Waals surface area contributed by atoms with Crippen LogP contribution in [0, 0.1) is 13.8 Å². The van der Waals surface area contributed by atoms with E-state index in [0.717, 1.165) is 21.0 Å². The minimum Gasteiger partial charge on any atom is -0.321 e. The first-order chi connectivity index (χ1) is 15.8. The van der Waals surface area contributed by atoms with Gasteiger partial charge in [0.1, 0.15) is 5.69 Å². The van der Waals surface area contributed by atoms with Crippen molar-refractivity contribution in [3.63, 3.8) is 0 Å². The Morgan fingerprint density at radius 2 is 1.52 bits per heavy atom. The van der Waals surface area contributed by atoms with Crippen molar-refractivity contribution in [1.82, 2.24) is 4.68 Å². The van der Waals surface area contributed by atoms with Crippen molar-refractivity contribution in [1.29, 1.82) is 0 Å². The number of halogens is 1. The van der Waals surface area contributed by atoms with Gasteiger partial charge in [-0.05, 0) is 67.9 Å². The lowest BCUT2D eigenvalue weighted by atomic mass is 10.2. The van der Waals surface area contributed by atoms with Crippen LogP contribution in [-0.4, -0.2) is 22.4 Å². The van der Waals surface area contributed by atoms with Crippen LogP contribution in [0.3, 0.4) is 0 Å². The van der Waals surface area contributed by atoms with Crippen LogP contribution in [0.2, 0.25) is 0 Å². The zero-order chi connectivity index (χ0) is 23.5. The second-order valence-electron chi connectivity index (χ2n) is 7.65. The lowest BCUT2D eigenvalue weighted by Crippen LogP contribution is -2.36. The normalized spacial score (nSPS) is 10.6. The second-order valence-corrected chi connectivity index (χ2v) is 8.57. The van der Waals surface area contributed by atoms with Gasteiger partial charge < -0.3 is 10.6 Å². The van der Waals surface area contributed by atoms with Crippen molar-refractivity contribution < 1.29 is 14.4 Å². The maximum absolute atomic E-state index is 13.1. The predicted octanol–water partition coefficient (Wildman–Crippen LogP) is 4.98. The number of carbonyl (C=O) groups is 3. The molecule has 7 nitrogen and oxygen atoms in total. The SMILES string of the molecule is Cc1ccc(NC(=O)C(=O)Nn2c(C(=O)Nc3cccc(C)c3)cc3cc(Br)ccc32)cc1. The summed E-state index contributed by atoms with van der Waals surface area (Å²) in [6.45, 7) is 3.86. The maximum atomic E-state index is 13.1. The fourth-order valence-electron chi connectivity index (χ4n) is 3.37. The Kier molecular flexibility index (Phi) is 6.28. The van der Waals surface area contributed by atoms with Gasteiger partial charge in [-0.1, -0.05) is 45.8 Å². The monoisotopic (exact) mass is 504 g/mol. The number of aromatic nitrogens is 1. The Bertz CT molecular complexity index is 1380. The van der Waals surface area contributed by atoms with Crippen LogP contribution in [0.15, 0.2) is 77.3 Å². The first kappa shape index (κ1) is 22.3. The number of hydrogen-bond acceptors (Lipinski definition) is 3. The molecule has 166 valence electrons. The van der Waals surface area contributed by atoms with E-state index in [1.807, 2.05) is 50.2 Å². The molecule has 0 spiro atoms. The van der Waals surface area contributed by atoms with Gasteiger partial charge in [-0.3, -0.25) is 19.8 Å². The van der Waals surface area contributed by atoms with E-state index < -0.39 is 17.7 Å². The summed E-state index contributed by atoms with van der Waals surface area (Å²) in [6.07, 6.45) is 0. The van der Waals surface area contributed by atoms with E-state index in [1.165, 1.54) is 4.68 Å². The highest BCUT2D eigenvalue weighted by atomic mass is 79.9. The van der Waals surface area contributed by atoms with Crippen LogP contribution in [0.5, 0.6) is 0 Å². The molecule has 0 saturated carbocycles. The standard InChI is InChI=1S/C25H21BrN4O3/c1-15-6-9-19(10-7-15)27-24(32)25(33)29-30-21-11-8-18(26)13-17(21)14-22(30)23(31)28-20-5-3-4-16(2)12-20/h3-14H,1-2H3,(H,27,32)(H,28,31)(H,29,33). The molecule has 0 saturated heterocycles. The molecule has 0 atom stereocenters. The highest BCUT2D eigenvalue weighted by Gasteiger charge is 2.21.